The van der Waals surface area contributed by atoms with Gasteiger partial charge in [-0.15, -0.1) is 0 Å². The molecule has 0 saturated carbocycles. The van der Waals surface area contributed by atoms with E-state index in [2.05, 4.69) is 10.6 Å². The molecule has 2 heterocycles. The van der Waals surface area contributed by atoms with Gasteiger partial charge in [-0.25, -0.2) is 4.79 Å². The van der Waals surface area contributed by atoms with Gasteiger partial charge in [0.1, 0.15) is 0 Å². The molecule has 2 radical (unpaired) electrons. The van der Waals surface area contributed by atoms with Crippen LogP contribution in [0.4, 0.5) is 4.79 Å². The molecule has 0 aromatic rings. The second-order valence-electron chi connectivity index (χ2n) is 4.26. The molecule has 2 aliphatic heterocycles. The fourth-order valence-corrected chi connectivity index (χ4v) is 3.81. The van der Waals surface area contributed by atoms with Crippen molar-refractivity contribution < 1.29 is 14.7 Å². The number of hydrogen-bond acceptors (Lipinski definition) is 3. The van der Waals surface area contributed by atoms with E-state index in [9.17, 15) is 9.59 Å². The van der Waals surface area contributed by atoms with Gasteiger partial charge in [-0.2, -0.15) is 11.8 Å². The molecule has 96 valence electrons. The summed E-state index contributed by atoms with van der Waals surface area (Å²) in [6, 6.07) is 0.440. The van der Waals surface area contributed by atoms with Crippen LogP contribution in [0.1, 0.15) is 25.7 Å². The third-order valence-corrected chi connectivity index (χ3v) is 4.58. The summed E-state index contributed by atoms with van der Waals surface area (Å²) in [5.41, 5.74) is 0. The van der Waals surface area contributed by atoms with E-state index >= 15 is 0 Å². The maximum absolute atomic E-state index is 11.1. The molecule has 7 heteroatoms. The zero-order valence-electron chi connectivity index (χ0n) is 9.35. The molecule has 5 nitrogen and oxygen atoms in total. The summed E-state index contributed by atoms with van der Waals surface area (Å²) in [5.74, 6) is 0.236. The van der Waals surface area contributed by atoms with Crippen molar-refractivity contribution in [3.8, 4) is 0 Å². The van der Waals surface area contributed by atoms with Crippen LogP contribution in [0, 0.1) is 0 Å². The summed E-state index contributed by atoms with van der Waals surface area (Å²) in [4.78, 5) is 21.5. The van der Waals surface area contributed by atoms with Crippen LogP contribution in [0.15, 0.2) is 0 Å². The third kappa shape index (κ3) is 3.79. The van der Waals surface area contributed by atoms with Crippen molar-refractivity contribution >= 4 is 40.8 Å². The molecule has 2 rings (SSSR count). The summed E-state index contributed by atoms with van der Waals surface area (Å²) in [6.45, 7) is 0. The number of urea groups is 1. The van der Waals surface area contributed by atoms with Crippen molar-refractivity contribution in [3.05, 3.63) is 0 Å². The number of carbonyl (C=O) groups excluding carboxylic acids is 1. The number of thioether (sulfide) groups is 1. The van der Waals surface area contributed by atoms with Crippen LogP contribution in [0.25, 0.3) is 0 Å². The number of rotatable bonds is 5. The zero-order chi connectivity index (χ0) is 11.5. The number of amides is 2. The Kier molecular flexibility index (Phi) is 5.62. The number of carboxylic acid groups (broad SMARTS) is 1. The van der Waals surface area contributed by atoms with Gasteiger partial charge in [0.15, 0.2) is 0 Å². The minimum Gasteiger partial charge on any atom is -0.481 e. The first-order valence-electron chi connectivity index (χ1n) is 5.57. The molecule has 0 aromatic carbocycles. The summed E-state index contributed by atoms with van der Waals surface area (Å²) in [5, 5.41) is 14.8. The van der Waals surface area contributed by atoms with Crippen molar-refractivity contribution in [1.29, 1.82) is 0 Å². The van der Waals surface area contributed by atoms with Gasteiger partial charge < -0.3 is 15.7 Å². The molecular formula is C10H16N2O3SSe. The van der Waals surface area contributed by atoms with Crippen molar-refractivity contribution in [2.24, 2.45) is 0 Å². The van der Waals surface area contributed by atoms with E-state index in [-0.39, 0.29) is 41.6 Å². The van der Waals surface area contributed by atoms with Crippen LogP contribution in [0.3, 0.4) is 0 Å². The Labute approximate surface area is 115 Å². The number of unbranched alkanes of at least 4 members (excludes halogenated alkanes) is 1. The van der Waals surface area contributed by atoms with E-state index in [1.165, 1.54) is 0 Å². The topological polar surface area (TPSA) is 78.4 Å². The molecule has 2 aliphatic rings. The van der Waals surface area contributed by atoms with Crippen LogP contribution >= 0.6 is 11.8 Å². The number of carbonyl (C=O) groups is 2. The van der Waals surface area contributed by atoms with E-state index in [0.29, 0.717) is 5.25 Å². The Balaban J connectivity index is 0.00000144. The molecule has 2 saturated heterocycles. The fraction of sp³-hybridized carbons (Fsp3) is 0.800. The summed E-state index contributed by atoms with van der Waals surface area (Å²) in [7, 11) is 0. The van der Waals surface area contributed by atoms with Gasteiger partial charge in [0.2, 0.25) is 0 Å². The van der Waals surface area contributed by atoms with Crippen LogP contribution < -0.4 is 10.6 Å². The van der Waals surface area contributed by atoms with Gasteiger partial charge in [-0.05, 0) is 12.8 Å². The predicted molar refractivity (Wildman–Crippen MR) is 67.3 cm³/mol. The van der Waals surface area contributed by atoms with Crippen LogP contribution in [0.2, 0.25) is 0 Å². The molecule has 17 heavy (non-hydrogen) atoms. The number of nitrogens with one attached hydrogen (secondary N) is 2. The van der Waals surface area contributed by atoms with Crippen LogP contribution in [-0.4, -0.2) is 57.3 Å². The molecule has 0 aliphatic carbocycles. The molecule has 3 atom stereocenters. The minimum atomic E-state index is -0.729. The van der Waals surface area contributed by atoms with Crippen LogP contribution in [-0.2, 0) is 4.79 Å². The maximum atomic E-state index is 11.1. The first-order valence-corrected chi connectivity index (χ1v) is 6.62. The molecule has 3 N–H and O–H groups in total. The molecule has 0 bridgehead atoms. The van der Waals surface area contributed by atoms with Gasteiger partial charge in [-0.3, -0.25) is 4.79 Å². The normalized spacial score (nSPS) is 30.1. The van der Waals surface area contributed by atoms with E-state index in [1.807, 2.05) is 11.8 Å². The third-order valence-electron chi connectivity index (χ3n) is 3.07. The van der Waals surface area contributed by atoms with Gasteiger partial charge in [0, 0.05) is 34.5 Å². The van der Waals surface area contributed by atoms with Gasteiger partial charge in [0.25, 0.3) is 0 Å². The number of fused-ring (bicyclic) bond motifs is 1. The smallest absolute Gasteiger partial charge is 0.315 e. The standard InChI is InChI=1S/C10H16N2O3S.Se/c13-8(14)4-2-1-3-7-9-6(5-16-7)11-10(15)12-9;/h6-7,9H,1-5H2,(H,13,14)(H2,11,12,15);/t6-,7-,9-;/m0./s1. The Morgan fingerprint density at radius 3 is 2.88 bits per heavy atom. The average molecular weight is 323 g/mol. The van der Waals surface area contributed by atoms with Gasteiger partial charge in [0.05, 0.1) is 12.1 Å². The van der Waals surface area contributed by atoms with E-state index < -0.39 is 5.97 Å². The molecule has 0 spiro atoms. The van der Waals surface area contributed by atoms with E-state index in [0.717, 1.165) is 25.0 Å². The average Bonchev–Trinajstić information content (AvgIpc) is 2.72. The molecular weight excluding hydrogens is 307 g/mol. The first-order chi connectivity index (χ1) is 7.66. The molecule has 2 fully saturated rings. The molecule has 2 amide bonds. The zero-order valence-corrected chi connectivity index (χ0v) is 11.9. The Morgan fingerprint density at radius 1 is 1.41 bits per heavy atom. The van der Waals surface area contributed by atoms with Gasteiger partial charge in [-0.1, -0.05) is 6.42 Å². The van der Waals surface area contributed by atoms with Crippen molar-refractivity contribution in [2.75, 3.05) is 5.75 Å². The minimum absolute atomic E-state index is 0. The Bertz CT molecular complexity index is 303. The van der Waals surface area contributed by atoms with Gasteiger partial charge >= 0.3 is 12.0 Å². The number of hydrogen-bond donors (Lipinski definition) is 3. The quantitative estimate of drug-likeness (QED) is 0.389. The second kappa shape index (κ2) is 6.52. The number of carboxylic acids is 1. The maximum Gasteiger partial charge on any atom is 0.315 e. The van der Waals surface area contributed by atoms with Crippen molar-refractivity contribution in [2.45, 2.75) is 43.0 Å². The monoisotopic (exact) mass is 324 g/mol. The number of aliphatic carboxylic acids is 1. The fourth-order valence-electron chi connectivity index (χ4n) is 2.26. The Hall–Kier alpha value is -0.391. The Morgan fingerprint density at radius 2 is 2.18 bits per heavy atom. The summed E-state index contributed by atoms with van der Waals surface area (Å²) in [6.07, 6.45) is 2.88. The summed E-state index contributed by atoms with van der Waals surface area (Å²) >= 11 is 1.87. The molecule has 0 aromatic heterocycles. The SMILES string of the molecule is O=C(O)CCCC[C@@H]1SC[C@@H]2NC(=O)N[C@@H]21.[Se]. The largest absolute Gasteiger partial charge is 0.481 e. The predicted octanol–water partition coefficient (Wildman–Crippen LogP) is 0.416. The van der Waals surface area contributed by atoms with Crippen molar-refractivity contribution in [3.63, 3.8) is 0 Å². The molecule has 0 unspecified atom stereocenters. The van der Waals surface area contributed by atoms with E-state index in [1.54, 1.807) is 0 Å². The van der Waals surface area contributed by atoms with Crippen molar-refractivity contribution in [1.82, 2.24) is 10.6 Å². The summed E-state index contributed by atoms with van der Waals surface area (Å²) < 4.78 is 0. The first kappa shape index (κ1) is 14.7. The van der Waals surface area contributed by atoms with E-state index in [4.69, 9.17) is 5.11 Å². The second-order valence-corrected chi connectivity index (χ2v) is 5.53. The van der Waals surface area contributed by atoms with Crippen LogP contribution in [0.5, 0.6) is 0 Å².